The Balaban J connectivity index is 1.62. The van der Waals surface area contributed by atoms with Crippen molar-refractivity contribution in [2.75, 3.05) is 20.3 Å². The Morgan fingerprint density at radius 2 is 1.59 bits per heavy atom. The number of rotatable bonds is 10. The van der Waals surface area contributed by atoms with Gasteiger partial charge >= 0.3 is 0 Å². The molecule has 0 fully saturated rings. The van der Waals surface area contributed by atoms with Crippen molar-refractivity contribution in [3.05, 3.63) is 59.2 Å². The number of hydrogen-bond donors (Lipinski definition) is 1. The van der Waals surface area contributed by atoms with Gasteiger partial charge in [-0.2, -0.15) is 0 Å². The molecule has 0 heterocycles. The van der Waals surface area contributed by atoms with E-state index in [1.807, 2.05) is 26.0 Å². The molecule has 27 heavy (non-hydrogen) atoms. The van der Waals surface area contributed by atoms with Gasteiger partial charge in [-0.05, 0) is 67.8 Å². The maximum atomic E-state index is 12.1. The molecule has 0 bridgehead atoms. The number of hydrogen-bond acceptors (Lipinski definition) is 4. The van der Waals surface area contributed by atoms with Crippen molar-refractivity contribution in [3.8, 4) is 11.5 Å². The lowest BCUT2D eigenvalue weighted by atomic mass is 10.1. The molecule has 2 aromatic rings. The number of ketones is 1. The summed E-state index contributed by atoms with van der Waals surface area (Å²) in [6.07, 6.45) is 1.19. The fraction of sp³-hybridized carbons (Fsp3) is 0.364. The number of Topliss-reactive ketones (excluding diaryl/α,β-unsaturated/α-hetero) is 1. The molecule has 1 N–H and O–H groups in total. The Bertz CT molecular complexity index is 748. The SMILES string of the molecule is COc1ccc(C(=O)CCCC(=O)NCCOc2cc(C)cc(C)c2)cc1. The normalized spacial score (nSPS) is 10.3. The van der Waals surface area contributed by atoms with Gasteiger partial charge in [0.05, 0.1) is 13.7 Å². The van der Waals surface area contributed by atoms with E-state index >= 15 is 0 Å². The first-order valence-corrected chi connectivity index (χ1v) is 9.13. The summed E-state index contributed by atoms with van der Waals surface area (Å²) in [6, 6.07) is 13.0. The third-order valence-electron chi connectivity index (χ3n) is 4.11. The second-order valence-corrected chi connectivity index (χ2v) is 6.53. The van der Waals surface area contributed by atoms with E-state index in [9.17, 15) is 9.59 Å². The van der Waals surface area contributed by atoms with Crippen LogP contribution < -0.4 is 14.8 Å². The molecule has 0 radical (unpaired) electrons. The van der Waals surface area contributed by atoms with Crippen molar-refractivity contribution < 1.29 is 19.1 Å². The van der Waals surface area contributed by atoms with Crippen LogP contribution in [-0.2, 0) is 4.79 Å². The van der Waals surface area contributed by atoms with Crippen molar-refractivity contribution in [1.82, 2.24) is 5.32 Å². The highest BCUT2D eigenvalue weighted by atomic mass is 16.5. The predicted octanol–water partition coefficient (Wildman–Crippen LogP) is 3.86. The summed E-state index contributed by atoms with van der Waals surface area (Å²) < 4.78 is 10.7. The molecular formula is C22H27NO4. The Labute approximate surface area is 160 Å². The van der Waals surface area contributed by atoms with Crippen LogP contribution in [0.2, 0.25) is 0 Å². The van der Waals surface area contributed by atoms with Crippen LogP contribution >= 0.6 is 0 Å². The summed E-state index contributed by atoms with van der Waals surface area (Å²) in [5, 5.41) is 2.82. The molecule has 144 valence electrons. The third kappa shape index (κ3) is 7.13. The molecule has 0 atom stereocenters. The van der Waals surface area contributed by atoms with Gasteiger partial charge in [-0.1, -0.05) is 6.07 Å². The Morgan fingerprint density at radius 1 is 0.926 bits per heavy atom. The van der Waals surface area contributed by atoms with Gasteiger partial charge in [0.15, 0.2) is 5.78 Å². The van der Waals surface area contributed by atoms with Gasteiger partial charge in [0.25, 0.3) is 0 Å². The van der Waals surface area contributed by atoms with Gasteiger partial charge in [0.2, 0.25) is 5.91 Å². The zero-order chi connectivity index (χ0) is 19.6. The van der Waals surface area contributed by atoms with Crippen LogP contribution in [0, 0.1) is 13.8 Å². The minimum absolute atomic E-state index is 0.0311. The zero-order valence-electron chi connectivity index (χ0n) is 16.2. The molecule has 0 saturated carbocycles. The highest BCUT2D eigenvalue weighted by Crippen LogP contribution is 2.16. The highest BCUT2D eigenvalue weighted by Gasteiger charge is 2.08. The molecule has 5 heteroatoms. The standard InChI is InChI=1S/C22H27NO4/c1-16-13-17(2)15-20(14-16)27-12-11-23-22(25)6-4-5-21(24)18-7-9-19(26-3)10-8-18/h7-10,13-15H,4-6,11-12H2,1-3H3,(H,23,25). The number of aryl methyl sites for hydroxylation is 2. The topological polar surface area (TPSA) is 64.6 Å². The average molecular weight is 369 g/mol. The van der Waals surface area contributed by atoms with Crippen molar-refractivity contribution in [1.29, 1.82) is 0 Å². The number of carbonyl (C=O) groups excluding carboxylic acids is 2. The van der Waals surface area contributed by atoms with Gasteiger partial charge in [-0.3, -0.25) is 9.59 Å². The quantitative estimate of drug-likeness (QED) is 0.510. The molecule has 0 aliphatic carbocycles. The summed E-state index contributed by atoms with van der Waals surface area (Å²) >= 11 is 0. The third-order valence-corrected chi connectivity index (χ3v) is 4.11. The minimum atomic E-state index is -0.0680. The summed E-state index contributed by atoms with van der Waals surface area (Å²) in [5.74, 6) is 1.49. The summed E-state index contributed by atoms with van der Waals surface area (Å²) in [4.78, 5) is 24.0. The number of amides is 1. The maximum Gasteiger partial charge on any atom is 0.220 e. The molecule has 0 spiro atoms. The van der Waals surface area contributed by atoms with E-state index in [0.717, 1.165) is 16.9 Å². The van der Waals surface area contributed by atoms with Gasteiger partial charge in [0, 0.05) is 18.4 Å². The molecule has 2 rings (SSSR count). The fourth-order valence-corrected chi connectivity index (χ4v) is 2.79. The van der Waals surface area contributed by atoms with Crippen LogP contribution in [0.4, 0.5) is 0 Å². The van der Waals surface area contributed by atoms with Crippen LogP contribution in [0.3, 0.4) is 0 Å². The Morgan fingerprint density at radius 3 is 2.22 bits per heavy atom. The van der Waals surface area contributed by atoms with Crippen LogP contribution in [0.1, 0.15) is 40.7 Å². The van der Waals surface area contributed by atoms with E-state index < -0.39 is 0 Å². The fourth-order valence-electron chi connectivity index (χ4n) is 2.79. The minimum Gasteiger partial charge on any atom is -0.497 e. The molecular weight excluding hydrogens is 342 g/mol. The monoisotopic (exact) mass is 369 g/mol. The lowest BCUT2D eigenvalue weighted by molar-refractivity contribution is -0.121. The molecule has 5 nitrogen and oxygen atoms in total. The smallest absolute Gasteiger partial charge is 0.220 e. The molecule has 1 amide bonds. The Kier molecular flexibility index (Phi) is 7.86. The Hall–Kier alpha value is -2.82. The van der Waals surface area contributed by atoms with Gasteiger partial charge in [-0.15, -0.1) is 0 Å². The summed E-state index contributed by atoms with van der Waals surface area (Å²) in [7, 11) is 1.59. The maximum absolute atomic E-state index is 12.1. The van der Waals surface area contributed by atoms with E-state index in [0.29, 0.717) is 43.7 Å². The number of ether oxygens (including phenoxy) is 2. The number of benzene rings is 2. The zero-order valence-corrected chi connectivity index (χ0v) is 16.2. The van der Waals surface area contributed by atoms with Gasteiger partial charge in [-0.25, -0.2) is 0 Å². The van der Waals surface area contributed by atoms with Crippen LogP contribution in [0.5, 0.6) is 11.5 Å². The predicted molar refractivity (Wildman–Crippen MR) is 106 cm³/mol. The molecule has 0 aromatic heterocycles. The van der Waals surface area contributed by atoms with Crippen molar-refractivity contribution in [2.24, 2.45) is 0 Å². The van der Waals surface area contributed by atoms with E-state index in [4.69, 9.17) is 9.47 Å². The van der Waals surface area contributed by atoms with Crippen molar-refractivity contribution >= 4 is 11.7 Å². The van der Waals surface area contributed by atoms with Crippen LogP contribution in [0.25, 0.3) is 0 Å². The van der Waals surface area contributed by atoms with E-state index in [2.05, 4.69) is 11.4 Å². The number of carbonyl (C=O) groups is 2. The second kappa shape index (κ2) is 10.4. The first-order chi connectivity index (χ1) is 13.0. The van der Waals surface area contributed by atoms with E-state index in [-0.39, 0.29) is 11.7 Å². The summed E-state index contributed by atoms with van der Waals surface area (Å²) in [5.41, 5.74) is 2.93. The number of nitrogens with one attached hydrogen (secondary N) is 1. The van der Waals surface area contributed by atoms with Gasteiger partial charge in [0.1, 0.15) is 18.1 Å². The first-order valence-electron chi connectivity index (χ1n) is 9.13. The lowest BCUT2D eigenvalue weighted by Gasteiger charge is -2.09. The van der Waals surface area contributed by atoms with Crippen molar-refractivity contribution in [2.45, 2.75) is 33.1 Å². The molecule has 0 saturated heterocycles. The number of methoxy groups -OCH3 is 1. The lowest BCUT2D eigenvalue weighted by Crippen LogP contribution is -2.27. The van der Waals surface area contributed by atoms with Gasteiger partial charge < -0.3 is 14.8 Å². The van der Waals surface area contributed by atoms with E-state index in [1.54, 1.807) is 31.4 Å². The molecule has 2 aromatic carbocycles. The van der Waals surface area contributed by atoms with E-state index in [1.165, 1.54) is 0 Å². The first kappa shape index (κ1) is 20.5. The molecule has 0 aliphatic heterocycles. The van der Waals surface area contributed by atoms with Crippen LogP contribution in [-0.4, -0.2) is 32.0 Å². The summed E-state index contributed by atoms with van der Waals surface area (Å²) in [6.45, 7) is 4.90. The van der Waals surface area contributed by atoms with Crippen molar-refractivity contribution in [3.63, 3.8) is 0 Å². The average Bonchev–Trinajstić information content (AvgIpc) is 2.64. The largest absolute Gasteiger partial charge is 0.497 e. The second-order valence-electron chi connectivity index (χ2n) is 6.53. The molecule has 0 aliphatic rings. The highest BCUT2D eigenvalue weighted by molar-refractivity contribution is 5.96. The molecule has 0 unspecified atom stereocenters. The van der Waals surface area contributed by atoms with Crippen LogP contribution in [0.15, 0.2) is 42.5 Å².